The molecule has 0 radical (unpaired) electrons. The summed E-state index contributed by atoms with van der Waals surface area (Å²) in [7, 11) is -8.49. The highest BCUT2D eigenvalue weighted by molar-refractivity contribution is 8.12. The van der Waals surface area contributed by atoms with Gasteiger partial charge in [0.05, 0.1) is 5.69 Å². The van der Waals surface area contributed by atoms with Gasteiger partial charge >= 0.3 is 0 Å². The first-order valence-corrected chi connectivity index (χ1v) is 10.8. The molecule has 1 aromatic heterocycles. The van der Waals surface area contributed by atoms with Crippen LogP contribution in [0.15, 0.2) is 76.9 Å². The number of carbonyl (C=O) groups is 1. The maximum atomic E-state index is 12.7. The fourth-order valence-corrected chi connectivity index (χ4v) is 7.20. The summed E-state index contributed by atoms with van der Waals surface area (Å²) in [6.45, 7) is 0. The monoisotopic (exact) mass is 416 g/mol. The van der Waals surface area contributed by atoms with Gasteiger partial charge in [0.2, 0.25) is 0 Å². The van der Waals surface area contributed by atoms with Crippen molar-refractivity contribution in [1.29, 1.82) is 0 Å². The van der Waals surface area contributed by atoms with Crippen molar-refractivity contribution < 1.29 is 21.6 Å². The standard InChI is InChI=1S/C17H12N4O5S2/c22-17(14-9-10-18-11-19-14)20-12-5-7-13(8-6-12)21-27(23,24)15-3-1-2-4-16(15)28(21,25)26/h1-11H,(H,20,22). The number of carbonyl (C=O) groups excluding carboxylic acids is 1. The van der Waals surface area contributed by atoms with E-state index in [9.17, 15) is 21.6 Å². The lowest BCUT2D eigenvalue weighted by Crippen LogP contribution is -2.30. The molecule has 28 heavy (non-hydrogen) atoms. The fourth-order valence-electron chi connectivity index (χ4n) is 2.75. The van der Waals surface area contributed by atoms with E-state index in [1.165, 1.54) is 67.1 Å². The Labute approximate surface area is 160 Å². The number of rotatable bonds is 3. The summed E-state index contributed by atoms with van der Waals surface area (Å²) in [5.74, 6) is -0.482. The quantitative estimate of drug-likeness (QED) is 0.687. The van der Waals surface area contributed by atoms with Gasteiger partial charge < -0.3 is 5.32 Å². The van der Waals surface area contributed by atoms with E-state index in [1.807, 2.05) is 0 Å². The topological polar surface area (TPSA) is 126 Å². The van der Waals surface area contributed by atoms with Crippen molar-refractivity contribution in [2.45, 2.75) is 9.79 Å². The molecule has 1 aliphatic heterocycles. The molecule has 0 atom stereocenters. The molecule has 0 saturated heterocycles. The predicted molar refractivity (Wildman–Crippen MR) is 99.7 cm³/mol. The first-order valence-electron chi connectivity index (χ1n) is 7.89. The second-order valence-electron chi connectivity index (χ2n) is 5.75. The van der Waals surface area contributed by atoms with Crippen molar-refractivity contribution in [2.75, 3.05) is 9.03 Å². The fraction of sp³-hybridized carbons (Fsp3) is 0. The SMILES string of the molecule is O=C(Nc1ccc(N2S(=O)(=O)c3ccccc3S2(=O)=O)cc1)c1ccncn1. The highest BCUT2D eigenvalue weighted by Gasteiger charge is 2.47. The van der Waals surface area contributed by atoms with E-state index in [-0.39, 0.29) is 21.2 Å². The molecule has 2 heterocycles. The number of sulfonamides is 2. The van der Waals surface area contributed by atoms with Gasteiger partial charge in [-0.2, -0.15) is 20.5 Å². The van der Waals surface area contributed by atoms with E-state index in [1.54, 1.807) is 0 Å². The Kier molecular flexibility index (Phi) is 4.12. The summed E-state index contributed by atoms with van der Waals surface area (Å²) in [5, 5.41) is 2.59. The Morgan fingerprint density at radius 1 is 0.857 bits per heavy atom. The van der Waals surface area contributed by atoms with Gasteiger partial charge in [-0.15, -0.1) is 0 Å². The van der Waals surface area contributed by atoms with Crippen molar-refractivity contribution in [3.63, 3.8) is 0 Å². The minimum absolute atomic E-state index is 0.0590. The molecule has 0 fully saturated rings. The lowest BCUT2D eigenvalue weighted by atomic mass is 10.2. The van der Waals surface area contributed by atoms with E-state index in [0.717, 1.165) is 0 Å². The molecule has 2 aromatic carbocycles. The number of amides is 1. The molecule has 11 heteroatoms. The van der Waals surface area contributed by atoms with Crippen LogP contribution in [0.5, 0.6) is 0 Å². The van der Waals surface area contributed by atoms with Crippen LogP contribution in [-0.2, 0) is 20.0 Å². The molecule has 9 nitrogen and oxygen atoms in total. The molecule has 0 saturated carbocycles. The molecule has 0 unspecified atom stereocenters. The van der Waals surface area contributed by atoms with Crippen LogP contribution in [0.3, 0.4) is 0 Å². The molecule has 0 bridgehead atoms. The van der Waals surface area contributed by atoms with E-state index >= 15 is 0 Å². The Balaban J connectivity index is 1.66. The summed E-state index contributed by atoms with van der Waals surface area (Å²) in [5.41, 5.74) is 0.439. The molecule has 142 valence electrons. The highest BCUT2D eigenvalue weighted by atomic mass is 32.3. The molecule has 3 aromatic rings. The number of hydrogen-bond donors (Lipinski definition) is 1. The molecule has 1 aliphatic rings. The zero-order valence-electron chi connectivity index (χ0n) is 14.1. The van der Waals surface area contributed by atoms with E-state index in [0.29, 0.717) is 9.40 Å². The van der Waals surface area contributed by atoms with Gasteiger partial charge in [0.1, 0.15) is 21.8 Å². The second kappa shape index (κ2) is 6.39. The molecule has 0 aliphatic carbocycles. The van der Waals surface area contributed by atoms with Gasteiger partial charge in [0, 0.05) is 11.9 Å². The first kappa shape index (κ1) is 18.1. The van der Waals surface area contributed by atoms with E-state index in [2.05, 4.69) is 15.3 Å². The summed E-state index contributed by atoms with van der Waals surface area (Å²) < 4.78 is 51.2. The predicted octanol–water partition coefficient (Wildman–Crippen LogP) is 1.63. The average Bonchev–Trinajstić information content (AvgIpc) is 2.85. The van der Waals surface area contributed by atoms with Crippen LogP contribution in [0.1, 0.15) is 10.5 Å². The lowest BCUT2D eigenvalue weighted by Gasteiger charge is -2.16. The minimum Gasteiger partial charge on any atom is -0.321 e. The number of nitrogens with one attached hydrogen (secondary N) is 1. The van der Waals surface area contributed by atoms with Gasteiger partial charge in [-0.3, -0.25) is 4.79 Å². The second-order valence-corrected chi connectivity index (χ2v) is 9.49. The summed E-state index contributed by atoms with van der Waals surface area (Å²) >= 11 is 0. The Bertz CT molecular complexity index is 1220. The van der Waals surface area contributed by atoms with Crippen LogP contribution < -0.4 is 9.03 Å². The number of anilines is 2. The van der Waals surface area contributed by atoms with Gasteiger partial charge in [-0.05, 0) is 42.5 Å². The minimum atomic E-state index is -4.24. The molecule has 1 N–H and O–H groups in total. The van der Waals surface area contributed by atoms with Crippen molar-refractivity contribution in [1.82, 2.24) is 9.97 Å². The number of fused-ring (bicyclic) bond motifs is 1. The third-order valence-corrected chi connectivity index (χ3v) is 8.42. The highest BCUT2D eigenvalue weighted by Crippen LogP contribution is 2.40. The third kappa shape index (κ3) is 2.80. The number of aromatic nitrogens is 2. The van der Waals surface area contributed by atoms with Crippen LogP contribution >= 0.6 is 0 Å². The smallest absolute Gasteiger partial charge is 0.279 e. The van der Waals surface area contributed by atoms with Crippen molar-refractivity contribution >= 4 is 37.3 Å². The van der Waals surface area contributed by atoms with E-state index in [4.69, 9.17) is 0 Å². The van der Waals surface area contributed by atoms with Crippen molar-refractivity contribution in [3.8, 4) is 0 Å². The summed E-state index contributed by atoms with van der Waals surface area (Å²) in [6.07, 6.45) is 2.66. The maximum Gasteiger partial charge on any atom is 0.279 e. The number of benzene rings is 2. The molecular formula is C17H12N4O5S2. The first-order chi connectivity index (χ1) is 13.3. The van der Waals surface area contributed by atoms with Crippen molar-refractivity contribution in [3.05, 3.63) is 72.8 Å². The molecular weight excluding hydrogens is 404 g/mol. The van der Waals surface area contributed by atoms with Gasteiger partial charge in [0.25, 0.3) is 26.0 Å². The summed E-state index contributed by atoms with van der Waals surface area (Å²) in [6, 6.07) is 12.3. The van der Waals surface area contributed by atoms with Gasteiger partial charge in [-0.1, -0.05) is 12.1 Å². The van der Waals surface area contributed by atoms with Crippen LogP contribution in [0.25, 0.3) is 0 Å². The van der Waals surface area contributed by atoms with Crippen LogP contribution in [0.2, 0.25) is 0 Å². The van der Waals surface area contributed by atoms with Gasteiger partial charge in [-0.25, -0.2) is 9.97 Å². The largest absolute Gasteiger partial charge is 0.321 e. The summed E-state index contributed by atoms with van der Waals surface area (Å²) in [4.78, 5) is 19.1. The average molecular weight is 416 g/mol. The normalized spacial score (nSPS) is 16.4. The molecule has 4 rings (SSSR count). The van der Waals surface area contributed by atoms with Crippen LogP contribution in [0.4, 0.5) is 11.4 Å². The van der Waals surface area contributed by atoms with E-state index < -0.39 is 26.0 Å². The maximum absolute atomic E-state index is 12.7. The zero-order chi connectivity index (χ0) is 19.9. The Morgan fingerprint density at radius 3 is 2.00 bits per heavy atom. The van der Waals surface area contributed by atoms with Crippen LogP contribution in [-0.4, -0.2) is 32.7 Å². The van der Waals surface area contributed by atoms with Gasteiger partial charge in [0.15, 0.2) is 0 Å². The Hall–Kier alpha value is -3.31. The van der Waals surface area contributed by atoms with Crippen LogP contribution in [0, 0.1) is 0 Å². The molecule has 1 amide bonds. The number of hydrogen-bond acceptors (Lipinski definition) is 7. The molecule has 0 spiro atoms. The zero-order valence-corrected chi connectivity index (χ0v) is 15.7. The number of nitrogens with zero attached hydrogens (tertiary/aromatic N) is 3. The van der Waals surface area contributed by atoms with Crippen molar-refractivity contribution in [2.24, 2.45) is 0 Å². The Morgan fingerprint density at radius 2 is 1.46 bits per heavy atom. The lowest BCUT2D eigenvalue weighted by molar-refractivity contribution is 0.102. The third-order valence-electron chi connectivity index (χ3n) is 3.99.